The fourth-order valence-corrected chi connectivity index (χ4v) is 6.85. The second kappa shape index (κ2) is 16.8. The average molecular weight is 715 g/mol. The van der Waals surface area contributed by atoms with Gasteiger partial charge in [-0.1, -0.05) is 66.5 Å². The normalized spacial score (nSPS) is 12.5. The third-order valence-corrected chi connectivity index (χ3v) is 10.1. The van der Waals surface area contributed by atoms with Crippen LogP contribution < -0.4 is 14.4 Å². The zero-order valence-electron chi connectivity index (χ0n) is 26.9. The topological polar surface area (TPSA) is 96.0 Å². The summed E-state index contributed by atoms with van der Waals surface area (Å²) in [6, 6.07) is 23.4. The van der Waals surface area contributed by atoms with Gasteiger partial charge in [-0.05, 0) is 92.1 Å². The van der Waals surface area contributed by atoms with Gasteiger partial charge in [0.25, 0.3) is 10.0 Å². The minimum absolute atomic E-state index is 0.117. The van der Waals surface area contributed by atoms with Crippen LogP contribution in [0.2, 0.25) is 10.0 Å². The van der Waals surface area contributed by atoms with Crippen molar-refractivity contribution in [1.82, 2.24) is 10.2 Å². The minimum atomic E-state index is -4.40. The van der Waals surface area contributed by atoms with E-state index in [4.69, 9.17) is 27.9 Å². The van der Waals surface area contributed by atoms with Crippen molar-refractivity contribution >= 4 is 50.7 Å². The van der Waals surface area contributed by atoms with Crippen LogP contribution in [0.25, 0.3) is 0 Å². The summed E-state index contributed by atoms with van der Waals surface area (Å²) in [7, 11) is -4.40. The number of halogens is 3. The lowest BCUT2D eigenvalue weighted by atomic mass is 10.0. The Morgan fingerprint density at radius 2 is 1.58 bits per heavy atom. The molecular formula is C36H38Cl2FN3O5S. The van der Waals surface area contributed by atoms with E-state index in [1.165, 1.54) is 23.1 Å². The zero-order chi connectivity index (χ0) is 34.8. The van der Waals surface area contributed by atoms with Crippen molar-refractivity contribution in [3.63, 3.8) is 0 Å². The van der Waals surface area contributed by atoms with Crippen molar-refractivity contribution in [2.45, 2.75) is 57.1 Å². The number of rotatable bonds is 15. The molecular weight excluding hydrogens is 676 g/mol. The van der Waals surface area contributed by atoms with Gasteiger partial charge in [0.15, 0.2) is 0 Å². The largest absolute Gasteiger partial charge is 0.494 e. The van der Waals surface area contributed by atoms with E-state index in [0.29, 0.717) is 29.4 Å². The predicted molar refractivity (Wildman–Crippen MR) is 187 cm³/mol. The van der Waals surface area contributed by atoms with Gasteiger partial charge in [-0.2, -0.15) is 0 Å². The SMILES string of the molecule is CCOc1ccc(N(CC(=O)N(Cc2ccc(Cl)cc2Cl)[C@H](Cc2ccccc2)C(=O)N[C@H](C)CC)S(=O)(=O)c2ccc(F)cc2)cc1. The van der Waals surface area contributed by atoms with Crippen LogP contribution >= 0.6 is 23.2 Å². The number of carbonyl (C=O) groups is 2. The molecule has 0 aromatic heterocycles. The number of benzene rings is 4. The van der Waals surface area contributed by atoms with Crippen LogP contribution in [-0.2, 0) is 32.6 Å². The smallest absolute Gasteiger partial charge is 0.264 e. The molecule has 8 nitrogen and oxygen atoms in total. The zero-order valence-corrected chi connectivity index (χ0v) is 29.2. The van der Waals surface area contributed by atoms with Crippen LogP contribution in [0.15, 0.2) is 102 Å². The third-order valence-electron chi connectivity index (χ3n) is 7.74. The van der Waals surface area contributed by atoms with E-state index in [9.17, 15) is 22.4 Å². The van der Waals surface area contributed by atoms with E-state index in [0.717, 1.165) is 34.1 Å². The third kappa shape index (κ3) is 9.49. The molecule has 4 aromatic carbocycles. The average Bonchev–Trinajstić information content (AvgIpc) is 3.07. The first-order chi connectivity index (χ1) is 22.9. The van der Waals surface area contributed by atoms with E-state index in [1.807, 2.05) is 51.1 Å². The lowest BCUT2D eigenvalue weighted by Gasteiger charge is -2.34. The standard InChI is InChI=1S/C36H38Cl2FN3O5S/c1-4-25(3)40-36(44)34(21-26-9-7-6-8-10-26)41(23-27-11-12-28(37)22-33(27)38)35(43)24-42(30-15-17-31(18-16-30)47-5-2)48(45,46)32-19-13-29(39)14-20-32/h6-20,22,25,34H,4-5,21,23-24H2,1-3H3,(H,40,44)/t25-,34-/m1/s1. The summed E-state index contributed by atoms with van der Waals surface area (Å²) >= 11 is 12.7. The van der Waals surface area contributed by atoms with Gasteiger partial charge in [0.05, 0.1) is 17.2 Å². The molecule has 0 saturated carbocycles. The van der Waals surface area contributed by atoms with Crippen molar-refractivity contribution in [1.29, 1.82) is 0 Å². The van der Waals surface area contributed by atoms with E-state index < -0.39 is 40.2 Å². The second-order valence-electron chi connectivity index (χ2n) is 11.2. The van der Waals surface area contributed by atoms with Crippen LogP contribution in [0.1, 0.15) is 38.3 Å². The first-order valence-corrected chi connectivity index (χ1v) is 17.7. The number of hydrogen-bond donors (Lipinski definition) is 1. The molecule has 0 spiro atoms. The van der Waals surface area contributed by atoms with Crippen molar-refractivity contribution in [2.75, 3.05) is 17.5 Å². The van der Waals surface area contributed by atoms with Gasteiger partial charge in [0, 0.05) is 29.1 Å². The monoisotopic (exact) mass is 713 g/mol. The molecule has 0 aliphatic heterocycles. The van der Waals surface area contributed by atoms with E-state index in [1.54, 1.807) is 24.3 Å². The Bertz CT molecular complexity index is 1790. The van der Waals surface area contributed by atoms with E-state index in [2.05, 4.69) is 5.32 Å². The first kappa shape index (κ1) is 36.7. The quantitative estimate of drug-likeness (QED) is 0.140. The number of nitrogens with one attached hydrogen (secondary N) is 1. The first-order valence-electron chi connectivity index (χ1n) is 15.5. The number of carbonyl (C=O) groups excluding carboxylic acids is 2. The van der Waals surface area contributed by atoms with Crippen molar-refractivity contribution < 1.29 is 27.1 Å². The number of sulfonamides is 1. The number of ether oxygens (including phenoxy) is 1. The molecule has 0 radical (unpaired) electrons. The van der Waals surface area contributed by atoms with Crippen molar-refractivity contribution in [3.8, 4) is 5.75 Å². The molecule has 254 valence electrons. The number of hydrogen-bond acceptors (Lipinski definition) is 5. The van der Waals surface area contributed by atoms with Crippen LogP contribution in [0, 0.1) is 5.82 Å². The number of anilines is 1. The van der Waals surface area contributed by atoms with Gasteiger partial charge in [0.1, 0.15) is 24.2 Å². The highest BCUT2D eigenvalue weighted by atomic mass is 35.5. The Hall–Kier alpha value is -4.12. The molecule has 0 fully saturated rings. The summed E-state index contributed by atoms with van der Waals surface area (Å²) in [5.74, 6) is -1.17. The number of nitrogens with zero attached hydrogens (tertiary/aromatic N) is 2. The van der Waals surface area contributed by atoms with Gasteiger partial charge in [-0.25, -0.2) is 12.8 Å². The van der Waals surface area contributed by atoms with Gasteiger partial charge < -0.3 is 15.0 Å². The van der Waals surface area contributed by atoms with Crippen molar-refractivity contribution in [2.24, 2.45) is 0 Å². The Morgan fingerprint density at radius 3 is 2.19 bits per heavy atom. The van der Waals surface area contributed by atoms with Crippen molar-refractivity contribution in [3.05, 3.63) is 124 Å². The van der Waals surface area contributed by atoms with E-state index >= 15 is 0 Å². The summed E-state index contributed by atoms with van der Waals surface area (Å²) in [6.45, 7) is 5.22. The summed E-state index contributed by atoms with van der Waals surface area (Å²) in [5, 5.41) is 3.66. The van der Waals surface area contributed by atoms with Gasteiger partial charge in [0.2, 0.25) is 11.8 Å². The fraction of sp³-hybridized carbons (Fsp3) is 0.278. The van der Waals surface area contributed by atoms with Gasteiger partial charge >= 0.3 is 0 Å². The highest BCUT2D eigenvalue weighted by Crippen LogP contribution is 2.28. The number of amides is 2. The molecule has 0 saturated heterocycles. The van der Waals surface area contributed by atoms with Gasteiger partial charge in [-0.15, -0.1) is 0 Å². The Morgan fingerprint density at radius 1 is 0.917 bits per heavy atom. The van der Waals surface area contributed by atoms with E-state index in [-0.39, 0.29) is 34.6 Å². The summed E-state index contributed by atoms with van der Waals surface area (Å²) in [4.78, 5) is 29.7. The molecule has 12 heteroatoms. The molecule has 0 bridgehead atoms. The fourth-order valence-electron chi connectivity index (χ4n) is 4.97. The van der Waals surface area contributed by atoms with Crippen LogP contribution in [0.3, 0.4) is 0 Å². The maximum absolute atomic E-state index is 14.6. The highest BCUT2D eigenvalue weighted by Gasteiger charge is 2.35. The minimum Gasteiger partial charge on any atom is -0.494 e. The van der Waals surface area contributed by atoms with Gasteiger partial charge in [-0.3, -0.25) is 13.9 Å². The molecule has 4 rings (SSSR count). The molecule has 48 heavy (non-hydrogen) atoms. The van der Waals surface area contributed by atoms with Crippen LogP contribution in [-0.4, -0.2) is 50.4 Å². The molecule has 2 amide bonds. The predicted octanol–water partition coefficient (Wildman–Crippen LogP) is 7.28. The van der Waals surface area contributed by atoms with Crippen LogP contribution in [0.4, 0.5) is 10.1 Å². The molecule has 0 unspecified atom stereocenters. The summed E-state index contributed by atoms with van der Waals surface area (Å²) in [6.07, 6.45) is 0.802. The summed E-state index contributed by atoms with van der Waals surface area (Å²) in [5.41, 5.74) is 1.48. The maximum Gasteiger partial charge on any atom is 0.264 e. The Labute approximate surface area is 291 Å². The Kier molecular flexibility index (Phi) is 12.9. The molecule has 0 aliphatic rings. The molecule has 4 aromatic rings. The highest BCUT2D eigenvalue weighted by molar-refractivity contribution is 7.92. The lowest BCUT2D eigenvalue weighted by molar-refractivity contribution is -0.140. The molecule has 1 N–H and O–H groups in total. The maximum atomic E-state index is 14.6. The molecule has 2 atom stereocenters. The van der Waals surface area contributed by atoms with Crippen LogP contribution in [0.5, 0.6) is 5.75 Å². The second-order valence-corrected chi connectivity index (χ2v) is 13.9. The summed E-state index contributed by atoms with van der Waals surface area (Å²) < 4.78 is 48.6. The lowest BCUT2D eigenvalue weighted by Crippen LogP contribution is -2.54. The Balaban J connectivity index is 1.83. The molecule has 0 heterocycles. The molecule has 0 aliphatic carbocycles.